The summed E-state index contributed by atoms with van der Waals surface area (Å²) in [4.78, 5) is 2.40. The van der Waals surface area contributed by atoms with Gasteiger partial charge in [-0.25, -0.2) is 0 Å². The van der Waals surface area contributed by atoms with Crippen LogP contribution in [0.2, 0.25) is 0 Å². The summed E-state index contributed by atoms with van der Waals surface area (Å²) in [7, 11) is 2.19. The zero-order valence-corrected chi connectivity index (χ0v) is 6.42. The van der Waals surface area contributed by atoms with E-state index in [1.165, 1.54) is 13.1 Å². The van der Waals surface area contributed by atoms with Gasteiger partial charge in [0.05, 0.1) is 13.2 Å². The highest BCUT2D eigenvalue weighted by Crippen LogP contribution is 2.24. The summed E-state index contributed by atoms with van der Waals surface area (Å²) in [6.07, 6.45) is 2.46. The van der Waals surface area contributed by atoms with Crippen LogP contribution in [0.3, 0.4) is 0 Å². The van der Waals surface area contributed by atoms with Crippen molar-refractivity contribution < 1.29 is 4.74 Å². The van der Waals surface area contributed by atoms with Gasteiger partial charge >= 0.3 is 0 Å². The largest absolute Gasteiger partial charge is 0.381 e. The van der Waals surface area contributed by atoms with Gasteiger partial charge in [0.1, 0.15) is 0 Å². The molecule has 2 aliphatic rings. The Morgan fingerprint density at radius 1 is 1.30 bits per heavy atom. The zero-order chi connectivity index (χ0) is 6.97. The lowest BCUT2D eigenvalue weighted by Gasteiger charge is -2.39. The Hall–Kier alpha value is -0.0800. The molecule has 2 aliphatic heterocycles. The van der Waals surface area contributed by atoms with Crippen LogP contribution in [-0.4, -0.2) is 38.3 Å². The van der Waals surface area contributed by atoms with E-state index in [-0.39, 0.29) is 0 Å². The average Bonchev–Trinajstić information content (AvgIpc) is 1.85. The van der Waals surface area contributed by atoms with Crippen molar-refractivity contribution in [2.45, 2.75) is 0 Å². The monoisotopic (exact) mass is 140 g/mol. The van der Waals surface area contributed by atoms with Gasteiger partial charge in [0.25, 0.3) is 0 Å². The third-order valence-electron chi connectivity index (χ3n) is 2.30. The highest BCUT2D eigenvalue weighted by molar-refractivity contribution is 4.93. The summed E-state index contributed by atoms with van der Waals surface area (Å²) in [5.74, 6) is 1.41. The van der Waals surface area contributed by atoms with Gasteiger partial charge in [-0.15, -0.1) is 0 Å². The molecule has 2 heteroatoms. The molecule has 0 aromatic rings. The molecule has 2 rings (SSSR count). The van der Waals surface area contributed by atoms with Crippen molar-refractivity contribution in [2.24, 2.45) is 11.8 Å². The van der Waals surface area contributed by atoms with E-state index in [0.29, 0.717) is 11.8 Å². The first-order chi connectivity index (χ1) is 4.84. The molecule has 2 fully saturated rings. The van der Waals surface area contributed by atoms with Crippen LogP contribution in [-0.2, 0) is 4.74 Å². The molecule has 10 heavy (non-hydrogen) atoms. The smallest absolute Gasteiger partial charge is 0.0509 e. The van der Waals surface area contributed by atoms with Crippen molar-refractivity contribution in [3.05, 3.63) is 6.42 Å². The predicted octanol–water partition coefficient (Wildman–Crippen LogP) is 0.399. The van der Waals surface area contributed by atoms with Crippen LogP contribution in [0, 0.1) is 18.3 Å². The van der Waals surface area contributed by atoms with Gasteiger partial charge in [0.15, 0.2) is 0 Å². The van der Waals surface area contributed by atoms with Gasteiger partial charge in [-0.3, -0.25) is 0 Å². The van der Waals surface area contributed by atoms with Gasteiger partial charge < -0.3 is 9.64 Å². The Morgan fingerprint density at radius 2 is 1.90 bits per heavy atom. The SMILES string of the molecule is CN1C[C@@H]2[CH][C@@H](COC2)C1. The van der Waals surface area contributed by atoms with E-state index in [0.717, 1.165) is 13.2 Å². The lowest BCUT2D eigenvalue weighted by molar-refractivity contribution is 0.00131. The summed E-state index contributed by atoms with van der Waals surface area (Å²) in [5.41, 5.74) is 0. The second-order valence-electron chi connectivity index (χ2n) is 3.47. The van der Waals surface area contributed by atoms with Crippen molar-refractivity contribution in [3.8, 4) is 0 Å². The van der Waals surface area contributed by atoms with Crippen molar-refractivity contribution >= 4 is 0 Å². The molecular weight excluding hydrogens is 126 g/mol. The first-order valence-corrected chi connectivity index (χ1v) is 3.96. The topological polar surface area (TPSA) is 12.5 Å². The number of hydrogen-bond acceptors (Lipinski definition) is 2. The number of hydrogen-bond donors (Lipinski definition) is 0. The molecule has 2 saturated heterocycles. The Kier molecular flexibility index (Phi) is 1.66. The van der Waals surface area contributed by atoms with Crippen LogP contribution in [0.1, 0.15) is 0 Å². The maximum atomic E-state index is 5.43. The van der Waals surface area contributed by atoms with Crippen molar-refractivity contribution in [1.82, 2.24) is 4.90 Å². The number of ether oxygens (including phenoxy) is 1. The first kappa shape index (κ1) is 6.62. The normalized spacial score (nSPS) is 41.7. The van der Waals surface area contributed by atoms with Crippen molar-refractivity contribution in [2.75, 3.05) is 33.4 Å². The third kappa shape index (κ3) is 1.18. The molecule has 0 aromatic heterocycles. The number of likely N-dealkylation sites (tertiary alicyclic amines) is 1. The van der Waals surface area contributed by atoms with Gasteiger partial charge in [-0.1, -0.05) is 0 Å². The highest BCUT2D eigenvalue weighted by Gasteiger charge is 2.29. The molecular formula is C8H14NO. The second kappa shape index (κ2) is 2.51. The van der Waals surface area contributed by atoms with E-state index < -0.39 is 0 Å². The minimum Gasteiger partial charge on any atom is -0.381 e. The van der Waals surface area contributed by atoms with E-state index in [4.69, 9.17) is 4.74 Å². The molecule has 0 N–H and O–H groups in total. The van der Waals surface area contributed by atoms with E-state index in [1.807, 2.05) is 0 Å². The lowest BCUT2D eigenvalue weighted by Crippen LogP contribution is -2.45. The van der Waals surface area contributed by atoms with Gasteiger partial charge in [0, 0.05) is 13.1 Å². The first-order valence-electron chi connectivity index (χ1n) is 3.96. The summed E-state index contributed by atoms with van der Waals surface area (Å²) in [6.45, 7) is 4.27. The van der Waals surface area contributed by atoms with Gasteiger partial charge in [-0.2, -0.15) is 0 Å². The minimum absolute atomic E-state index is 0.706. The number of rotatable bonds is 0. The van der Waals surface area contributed by atoms with Crippen LogP contribution in [0.5, 0.6) is 0 Å². The number of piperidine rings is 1. The molecule has 0 unspecified atom stereocenters. The van der Waals surface area contributed by atoms with Gasteiger partial charge in [0.2, 0.25) is 0 Å². The lowest BCUT2D eigenvalue weighted by atomic mass is 9.88. The average molecular weight is 140 g/mol. The number of fused-ring (bicyclic) bond motifs is 2. The molecule has 0 amide bonds. The van der Waals surface area contributed by atoms with Crippen LogP contribution < -0.4 is 0 Å². The quantitative estimate of drug-likeness (QED) is 0.483. The van der Waals surface area contributed by atoms with E-state index in [9.17, 15) is 0 Å². The molecule has 2 bridgehead atoms. The van der Waals surface area contributed by atoms with Crippen LogP contribution >= 0.6 is 0 Å². The molecule has 2 nitrogen and oxygen atoms in total. The van der Waals surface area contributed by atoms with E-state index in [1.54, 1.807) is 0 Å². The molecule has 0 spiro atoms. The van der Waals surface area contributed by atoms with Crippen LogP contribution in [0.25, 0.3) is 0 Å². The summed E-state index contributed by atoms with van der Waals surface area (Å²) < 4.78 is 5.43. The van der Waals surface area contributed by atoms with Crippen molar-refractivity contribution in [3.63, 3.8) is 0 Å². The van der Waals surface area contributed by atoms with E-state index >= 15 is 0 Å². The van der Waals surface area contributed by atoms with Crippen molar-refractivity contribution in [1.29, 1.82) is 0 Å². The molecule has 0 saturated carbocycles. The zero-order valence-electron chi connectivity index (χ0n) is 6.42. The van der Waals surface area contributed by atoms with Crippen LogP contribution in [0.4, 0.5) is 0 Å². The predicted molar refractivity (Wildman–Crippen MR) is 39.6 cm³/mol. The minimum atomic E-state index is 0.706. The molecule has 2 heterocycles. The Labute approximate surface area is 62.2 Å². The highest BCUT2D eigenvalue weighted by atomic mass is 16.5. The molecule has 57 valence electrons. The fraction of sp³-hybridized carbons (Fsp3) is 0.875. The maximum Gasteiger partial charge on any atom is 0.0509 e. The third-order valence-corrected chi connectivity index (χ3v) is 2.30. The van der Waals surface area contributed by atoms with Crippen LogP contribution in [0.15, 0.2) is 0 Å². The summed E-state index contributed by atoms with van der Waals surface area (Å²) in [6, 6.07) is 0. The molecule has 0 aliphatic carbocycles. The fourth-order valence-corrected chi connectivity index (χ4v) is 1.97. The number of nitrogens with zero attached hydrogens (tertiary/aromatic N) is 1. The maximum absolute atomic E-state index is 5.43. The Morgan fingerprint density at radius 3 is 2.50 bits per heavy atom. The Balaban J connectivity index is 1.98. The molecule has 1 radical (unpaired) electrons. The molecule has 0 aromatic carbocycles. The Bertz CT molecular complexity index is 110. The summed E-state index contributed by atoms with van der Waals surface area (Å²) >= 11 is 0. The fourth-order valence-electron chi connectivity index (χ4n) is 1.97. The summed E-state index contributed by atoms with van der Waals surface area (Å²) in [5, 5.41) is 0. The standard InChI is InChI=1S/C8H14NO/c1-9-3-7-2-8(4-9)6-10-5-7/h2,7-8H,3-6H2,1H3/t7-,8+. The van der Waals surface area contributed by atoms with E-state index in [2.05, 4.69) is 18.4 Å². The second-order valence-corrected chi connectivity index (χ2v) is 3.47. The van der Waals surface area contributed by atoms with Gasteiger partial charge in [-0.05, 0) is 25.3 Å². The molecule has 2 atom stereocenters.